The number of phenols is 1. The Morgan fingerprint density at radius 1 is 1.22 bits per heavy atom. The van der Waals surface area contributed by atoms with E-state index < -0.39 is 18.5 Å². The molecule has 1 heterocycles. The molecule has 0 spiro atoms. The molecule has 2 N–H and O–H groups in total. The van der Waals surface area contributed by atoms with E-state index >= 15 is 0 Å². The smallest absolute Gasteiger partial charge is 0.306 e. The fraction of sp³-hybridized carbons (Fsp3) is 0.391. The summed E-state index contributed by atoms with van der Waals surface area (Å²) >= 11 is 1.40. The molecule has 1 amide bonds. The normalized spacial score (nSPS) is 12.4. The van der Waals surface area contributed by atoms with Crippen molar-refractivity contribution in [1.29, 1.82) is 5.26 Å². The third-order valence-electron chi connectivity index (χ3n) is 5.04. The summed E-state index contributed by atoms with van der Waals surface area (Å²) in [5.41, 5.74) is 1.81. The number of Topliss-reactive ketones (excluding diaryl/α,β-unsaturated/α-hetero) is 1. The van der Waals surface area contributed by atoms with E-state index in [-0.39, 0.29) is 30.1 Å². The van der Waals surface area contributed by atoms with Crippen LogP contribution in [-0.2, 0) is 27.2 Å². The average molecular weight is 457 g/mol. The summed E-state index contributed by atoms with van der Waals surface area (Å²) in [6, 6.07) is 6.40. The van der Waals surface area contributed by atoms with Crippen LogP contribution in [0.15, 0.2) is 18.2 Å². The van der Waals surface area contributed by atoms with Crippen molar-refractivity contribution in [2.45, 2.75) is 45.4 Å². The number of carbonyl (C=O) groups excluding carboxylic acids is 3. The SMILES string of the molecule is CCOc1cc(C(=O)CCC(=O)OCC(=O)Nc2sc3c(c2C#N)CCCC3)ccc1O. The van der Waals surface area contributed by atoms with E-state index in [1.165, 1.54) is 29.5 Å². The van der Waals surface area contributed by atoms with E-state index in [0.717, 1.165) is 36.1 Å². The number of anilines is 1. The minimum absolute atomic E-state index is 0.0695. The number of hydrogen-bond donors (Lipinski definition) is 2. The summed E-state index contributed by atoms with van der Waals surface area (Å²) in [5, 5.41) is 22.3. The number of benzene rings is 1. The molecule has 0 saturated heterocycles. The van der Waals surface area contributed by atoms with Crippen molar-refractivity contribution in [3.63, 3.8) is 0 Å². The number of carbonyl (C=O) groups is 3. The fourth-order valence-corrected chi connectivity index (χ4v) is 4.73. The number of fused-ring (bicyclic) bond motifs is 1. The number of nitrogens with one attached hydrogen (secondary N) is 1. The van der Waals surface area contributed by atoms with Crippen molar-refractivity contribution < 1.29 is 29.0 Å². The summed E-state index contributed by atoms with van der Waals surface area (Å²) in [5.74, 6) is -1.39. The molecule has 1 aliphatic carbocycles. The van der Waals surface area contributed by atoms with Gasteiger partial charge in [0.25, 0.3) is 5.91 Å². The summed E-state index contributed by atoms with van der Waals surface area (Å²) in [6.07, 6.45) is 3.54. The van der Waals surface area contributed by atoms with Gasteiger partial charge in [0.05, 0.1) is 18.6 Å². The number of aryl methyl sites for hydroxylation is 1. The second kappa shape index (κ2) is 10.8. The molecule has 8 nitrogen and oxygen atoms in total. The monoisotopic (exact) mass is 456 g/mol. The van der Waals surface area contributed by atoms with Crippen molar-refractivity contribution >= 4 is 34.0 Å². The summed E-state index contributed by atoms with van der Waals surface area (Å²) < 4.78 is 10.2. The molecule has 0 bridgehead atoms. The highest BCUT2D eigenvalue weighted by molar-refractivity contribution is 7.16. The molecule has 0 saturated carbocycles. The van der Waals surface area contributed by atoms with E-state index in [1.807, 2.05) is 0 Å². The van der Waals surface area contributed by atoms with Crippen LogP contribution in [0.1, 0.15) is 59.0 Å². The first kappa shape index (κ1) is 23.3. The van der Waals surface area contributed by atoms with Crippen molar-refractivity contribution in [2.75, 3.05) is 18.5 Å². The number of nitriles is 1. The third kappa shape index (κ3) is 5.65. The second-order valence-corrected chi connectivity index (χ2v) is 8.38. The van der Waals surface area contributed by atoms with Crippen LogP contribution in [0.25, 0.3) is 0 Å². The maximum atomic E-state index is 12.3. The van der Waals surface area contributed by atoms with Gasteiger partial charge >= 0.3 is 5.97 Å². The van der Waals surface area contributed by atoms with Gasteiger partial charge in [-0.25, -0.2) is 0 Å². The van der Waals surface area contributed by atoms with E-state index in [9.17, 15) is 24.8 Å². The Balaban J connectivity index is 1.48. The van der Waals surface area contributed by atoms with Gasteiger partial charge in [-0.15, -0.1) is 11.3 Å². The third-order valence-corrected chi connectivity index (χ3v) is 6.25. The Bertz CT molecular complexity index is 1070. The van der Waals surface area contributed by atoms with Crippen molar-refractivity contribution in [3.8, 4) is 17.6 Å². The van der Waals surface area contributed by atoms with Gasteiger partial charge < -0.3 is 19.9 Å². The summed E-state index contributed by atoms with van der Waals surface area (Å²) in [4.78, 5) is 37.6. The van der Waals surface area contributed by atoms with E-state index in [2.05, 4.69) is 11.4 Å². The zero-order valence-electron chi connectivity index (χ0n) is 17.7. The van der Waals surface area contributed by atoms with E-state index in [1.54, 1.807) is 6.92 Å². The molecular weight excluding hydrogens is 432 g/mol. The molecule has 32 heavy (non-hydrogen) atoms. The predicted molar refractivity (Wildman–Crippen MR) is 118 cm³/mol. The molecule has 1 aliphatic rings. The van der Waals surface area contributed by atoms with Crippen LogP contribution in [0.3, 0.4) is 0 Å². The van der Waals surface area contributed by atoms with Crippen LogP contribution in [0.4, 0.5) is 5.00 Å². The van der Waals surface area contributed by atoms with Gasteiger partial charge in [0.15, 0.2) is 23.9 Å². The molecule has 0 aliphatic heterocycles. The number of nitrogens with zero attached hydrogens (tertiary/aromatic N) is 1. The average Bonchev–Trinajstić information content (AvgIpc) is 3.14. The first-order valence-corrected chi connectivity index (χ1v) is 11.2. The number of amides is 1. The van der Waals surface area contributed by atoms with Gasteiger partial charge in [-0.2, -0.15) is 5.26 Å². The standard InChI is InChI=1S/C23H24N2O6S/c1-2-30-19-11-14(7-8-18(19)27)17(26)9-10-22(29)31-13-21(28)25-23-16(12-24)15-5-3-4-6-20(15)32-23/h7-8,11,27H,2-6,9-10,13H2,1H3,(H,25,28). The Morgan fingerprint density at radius 3 is 2.75 bits per heavy atom. The summed E-state index contributed by atoms with van der Waals surface area (Å²) in [6.45, 7) is 1.60. The van der Waals surface area contributed by atoms with Gasteiger partial charge in [-0.05, 0) is 56.4 Å². The number of ether oxygens (including phenoxy) is 2. The van der Waals surface area contributed by atoms with E-state index in [0.29, 0.717) is 22.7 Å². The highest BCUT2D eigenvalue weighted by atomic mass is 32.1. The lowest BCUT2D eigenvalue weighted by molar-refractivity contribution is -0.147. The van der Waals surface area contributed by atoms with Crippen LogP contribution in [0.2, 0.25) is 0 Å². The van der Waals surface area contributed by atoms with Crippen LogP contribution in [-0.4, -0.2) is 36.0 Å². The number of aromatic hydroxyl groups is 1. The minimum Gasteiger partial charge on any atom is -0.504 e. The van der Waals surface area contributed by atoms with Crippen LogP contribution in [0, 0.1) is 11.3 Å². The Labute approximate surface area is 189 Å². The Hall–Kier alpha value is -3.38. The number of esters is 1. The number of ketones is 1. The van der Waals surface area contributed by atoms with Crippen molar-refractivity contribution in [2.24, 2.45) is 0 Å². The predicted octanol–water partition coefficient (Wildman–Crippen LogP) is 3.75. The van der Waals surface area contributed by atoms with Gasteiger partial charge in [-0.1, -0.05) is 0 Å². The van der Waals surface area contributed by atoms with Crippen molar-refractivity contribution in [1.82, 2.24) is 0 Å². The summed E-state index contributed by atoms with van der Waals surface area (Å²) in [7, 11) is 0. The minimum atomic E-state index is -0.678. The Morgan fingerprint density at radius 2 is 2.00 bits per heavy atom. The number of phenolic OH excluding ortho intramolecular Hbond substituents is 1. The van der Waals surface area contributed by atoms with E-state index in [4.69, 9.17) is 9.47 Å². The topological polar surface area (TPSA) is 126 Å². The van der Waals surface area contributed by atoms with Crippen molar-refractivity contribution in [3.05, 3.63) is 39.8 Å². The lowest BCUT2D eigenvalue weighted by Crippen LogP contribution is -2.21. The van der Waals surface area contributed by atoms with Crippen LogP contribution in [0.5, 0.6) is 11.5 Å². The van der Waals surface area contributed by atoms with Gasteiger partial charge in [-0.3, -0.25) is 14.4 Å². The molecule has 0 atom stereocenters. The molecule has 168 valence electrons. The largest absolute Gasteiger partial charge is 0.504 e. The maximum Gasteiger partial charge on any atom is 0.306 e. The number of rotatable bonds is 9. The number of hydrogen-bond acceptors (Lipinski definition) is 8. The molecule has 9 heteroatoms. The number of thiophene rings is 1. The first-order valence-electron chi connectivity index (χ1n) is 10.4. The molecule has 2 aromatic rings. The van der Waals surface area contributed by atoms with Crippen LogP contribution < -0.4 is 10.1 Å². The van der Waals surface area contributed by atoms with Gasteiger partial charge in [0, 0.05) is 16.9 Å². The lowest BCUT2D eigenvalue weighted by Gasteiger charge is -2.09. The molecule has 3 rings (SSSR count). The molecule has 0 unspecified atom stereocenters. The second-order valence-electron chi connectivity index (χ2n) is 7.27. The fourth-order valence-electron chi connectivity index (χ4n) is 3.47. The molecule has 1 aromatic heterocycles. The van der Waals surface area contributed by atoms with Gasteiger partial charge in [0.1, 0.15) is 11.1 Å². The quantitative estimate of drug-likeness (QED) is 0.435. The Kier molecular flexibility index (Phi) is 7.84. The molecule has 0 radical (unpaired) electrons. The first-order chi connectivity index (χ1) is 15.4. The van der Waals surface area contributed by atoms with Crippen LogP contribution >= 0.6 is 11.3 Å². The maximum absolute atomic E-state index is 12.3. The molecule has 1 aromatic carbocycles. The molecular formula is C23H24N2O6S. The highest BCUT2D eigenvalue weighted by Crippen LogP contribution is 2.37. The highest BCUT2D eigenvalue weighted by Gasteiger charge is 2.22. The van der Waals surface area contributed by atoms with Gasteiger partial charge in [0.2, 0.25) is 0 Å². The zero-order chi connectivity index (χ0) is 23.1. The zero-order valence-corrected chi connectivity index (χ0v) is 18.5. The molecule has 0 fully saturated rings. The lowest BCUT2D eigenvalue weighted by atomic mass is 9.96.